The molecule has 0 unspecified atom stereocenters. The van der Waals surface area contributed by atoms with Gasteiger partial charge >= 0.3 is 0 Å². The molecule has 0 heterocycles. The summed E-state index contributed by atoms with van der Waals surface area (Å²) < 4.78 is 0. The van der Waals surface area contributed by atoms with Crippen LogP contribution in [0.4, 0.5) is 5.69 Å². The lowest BCUT2D eigenvalue weighted by molar-refractivity contribution is -0.384. The summed E-state index contributed by atoms with van der Waals surface area (Å²) in [6.07, 6.45) is 10.5. The molecule has 1 aliphatic rings. The molecule has 0 saturated heterocycles. The van der Waals surface area contributed by atoms with E-state index in [1.54, 1.807) is 36.4 Å². The Morgan fingerprint density at radius 1 is 1.17 bits per heavy atom. The predicted octanol–water partition coefficient (Wildman–Crippen LogP) is 3.32. The van der Waals surface area contributed by atoms with Gasteiger partial charge in [0.25, 0.3) is 5.69 Å². The van der Waals surface area contributed by atoms with Crippen LogP contribution in [-0.4, -0.2) is 10.6 Å². The number of benzene rings is 1. The monoisotopic (exact) mass is 238 g/mol. The molecule has 1 aromatic rings. The van der Waals surface area contributed by atoms with Gasteiger partial charge in [0.15, 0.2) is 0 Å². The molecule has 0 bridgehead atoms. The molecule has 0 amide bonds. The lowest BCUT2D eigenvalue weighted by Crippen LogP contribution is -1.94. The number of non-ortho nitro benzene ring substituents is 1. The second kappa shape index (κ2) is 5.14. The number of hydrogen-bond acceptors (Lipinski definition) is 2. The van der Waals surface area contributed by atoms with E-state index in [0.29, 0.717) is 0 Å². The minimum atomic E-state index is -0.423. The Bertz CT molecular complexity index is 538. The lowest BCUT2D eigenvalue weighted by Gasteiger charge is -2.02. The molecule has 0 aliphatic heterocycles. The van der Waals surface area contributed by atoms with Crippen molar-refractivity contribution in [3.63, 3.8) is 0 Å². The van der Waals surface area contributed by atoms with Gasteiger partial charge in [0.1, 0.15) is 0 Å². The summed E-state index contributed by atoms with van der Waals surface area (Å²) in [5, 5.41) is 19.6. The Labute approximate surface area is 105 Å². The third-order valence-electron chi connectivity index (χ3n) is 2.47. The second-order valence-corrected chi connectivity index (χ2v) is 3.77. The summed E-state index contributed by atoms with van der Waals surface area (Å²) in [4.78, 5) is 10.1. The van der Waals surface area contributed by atoms with Crippen molar-refractivity contribution in [2.45, 2.75) is 0 Å². The van der Waals surface area contributed by atoms with Gasteiger partial charge in [-0.25, -0.2) is 0 Å². The molecule has 0 N–H and O–H groups in total. The molecule has 1 aromatic carbocycles. The van der Waals surface area contributed by atoms with Gasteiger partial charge in [0, 0.05) is 42.0 Å². The van der Waals surface area contributed by atoms with Crippen LogP contribution in [0.3, 0.4) is 0 Å². The predicted molar refractivity (Wildman–Crippen MR) is 72.0 cm³/mol. The summed E-state index contributed by atoms with van der Waals surface area (Å²) in [6, 6.07) is 6.32. The van der Waals surface area contributed by atoms with Gasteiger partial charge in [-0.1, -0.05) is 5.71 Å². The highest BCUT2D eigenvalue weighted by Gasteiger charge is 2.06. The van der Waals surface area contributed by atoms with Crippen molar-refractivity contribution in [2.75, 3.05) is 0 Å². The topological polar surface area (TPSA) is 65.4 Å². The van der Waals surface area contributed by atoms with E-state index >= 15 is 0 Å². The van der Waals surface area contributed by atoms with E-state index in [9.17, 15) is 10.1 Å². The van der Waals surface area contributed by atoms with E-state index in [4.69, 9.17) is 5.41 Å². The Balaban J connectivity index is 2.05. The van der Waals surface area contributed by atoms with Crippen LogP contribution in [0, 0.1) is 16.0 Å². The molecular weight excluding hydrogens is 228 g/mol. The third-order valence-corrected chi connectivity index (χ3v) is 2.47. The van der Waals surface area contributed by atoms with Crippen molar-refractivity contribution in [2.24, 2.45) is 0 Å². The summed E-state index contributed by atoms with van der Waals surface area (Å²) in [7, 11) is 0. The largest absolute Gasteiger partial charge is 0.785 e. The molecular formula is C14H10N2O2. The van der Waals surface area contributed by atoms with Crippen LogP contribution in [0.2, 0.25) is 0 Å². The average molecular weight is 238 g/mol. The Kier molecular flexibility index (Phi) is 3.38. The van der Waals surface area contributed by atoms with Crippen molar-refractivity contribution >= 4 is 17.5 Å². The van der Waals surface area contributed by atoms with Crippen molar-refractivity contribution in [3.8, 4) is 0 Å². The molecule has 0 fully saturated rings. The maximum absolute atomic E-state index is 10.5. The normalized spacial score (nSPS) is 14.4. The SMILES string of the molecule is [N-]=C1C=C[C+](/C=C/c2ccc([N+](=O)[O-])cc2)C=C1. The Morgan fingerprint density at radius 3 is 2.33 bits per heavy atom. The van der Waals surface area contributed by atoms with Gasteiger partial charge in [-0.15, -0.1) is 0 Å². The first-order valence-electron chi connectivity index (χ1n) is 5.37. The zero-order chi connectivity index (χ0) is 13.0. The van der Waals surface area contributed by atoms with Gasteiger partial charge in [-0.05, 0) is 24.3 Å². The van der Waals surface area contributed by atoms with Crippen LogP contribution in [0.1, 0.15) is 5.56 Å². The van der Waals surface area contributed by atoms with E-state index in [-0.39, 0.29) is 11.4 Å². The number of nitro groups is 1. The number of allylic oxidation sites excluding steroid dienone is 5. The molecule has 88 valence electrons. The molecule has 4 heteroatoms. The molecule has 0 saturated carbocycles. The molecule has 2 rings (SSSR count). The molecule has 0 aromatic heterocycles. The number of nitrogens with zero attached hydrogens (tertiary/aromatic N) is 2. The van der Waals surface area contributed by atoms with E-state index in [1.165, 1.54) is 12.1 Å². The standard InChI is InChI=1S/C14H10N2O2/c15-13-7-3-11(4-8-13)1-2-12-5-9-14(10-6-12)16(17)18/h1-10H/b2-1+. The van der Waals surface area contributed by atoms with Crippen molar-refractivity contribution in [1.82, 2.24) is 0 Å². The fraction of sp³-hybridized carbons (Fsp3) is 0. The average Bonchev–Trinajstić information content (AvgIpc) is 2.38. The van der Waals surface area contributed by atoms with E-state index in [0.717, 1.165) is 11.5 Å². The zero-order valence-electron chi connectivity index (χ0n) is 9.48. The highest BCUT2D eigenvalue weighted by Crippen LogP contribution is 2.16. The summed E-state index contributed by atoms with van der Waals surface area (Å²) in [5.41, 5.74) is 1.19. The van der Waals surface area contributed by atoms with Crippen molar-refractivity contribution in [1.29, 1.82) is 0 Å². The minimum Gasteiger partial charge on any atom is -0.785 e. The number of hydrogen-bond donors (Lipinski definition) is 0. The summed E-state index contributed by atoms with van der Waals surface area (Å²) >= 11 is 0. The first kappa shape index (κ1) is 11.9. The van der Waals surface area contributed by atoms with Gasteiger partial charge in [-0.2, -0.15) is 0 Å². The summed E-state index contributed by atoms with van der Waals surface area (Å²) in [5.74, 6) is 0.950. The van der Waals surface area contributed by atoms with Gasteiger partial charge in [-0.3, -0.25) is 10.1 Å². The maximum atomic E-state index is 10.5. The van der Waals surface area contributed by atoms with E-state index in [1.807, 2.05) is 12.2 Å². The molecule has 0 spiro atoms. The third kappa shape index (κ3) is 2.95. The highest BCUT2D eigenvalue weighted by atomic mass is 16.6. The van der Waals surface area contributed by atoms with Crippen molar-refractivity contribution < 1.29 is 4.92 Å². The van der Waals surface area contributed by atoms with Gasteiger partial charge < -0.3 is 5.41 Å². The van der Waals surface area contributed by atoms with Crippen molar-refractivity contribution in [3.05, 3.63) is 81.7 Å². The lowest BCUT2D eigenvalue weighted by atomic mass is 10.0. The van der Waals surface area contributed by atoms with Gasteiger partial charge in [0.05, 0.1) is 10.8 Å². The Hall–Kier alpha value is -2.62. The van der Waals surface area contributed by atoms with Crippen LogP contribution < -0.4 is 0 Å². The zero-order valence-corrected chi connectivity index (χ0v) is 9.48. The minimum absolute atomic E-state index is 0.0804. The van der Waals surface area contributed by atoms with Crippen LogP contribution in [-0.2, 0) is 0 Å². The van der Waals surface area contributed by atoms with Gasteiger partial charge in [0.2, 0.25) is 0 Å². The Morgan fingerprint density at radius 2 is 1.78 bits per heavy atom. The highest BCUT2D eigenvalue weighted by molar-refractivity contribution is 6.08. The van der Waals surface area contributed by atoms with Crippen LogP contribution in [0.5, 0.6) is 0 Å². The maximum Gasteiger partial charge on any atom is 0.269 e. The molecule has 4 nitrogen and oxygen atoms in total. The van der Waals surface area contributed by atoms with E-state index in [2.05, 4.69) is 0 Å². The quantitative estimate of drug-likeness (QED) is 0.460. The molecule has 1 aliphatic carbocycles. The number of rotatable bonds is 3. The smallest absolute Gasteiger partial charge is 0.269 e. The molecule has 18 heavy (non-hydrogen) atoms. The van der Waals surface area contributed by atoms with Crippen LogP contribution in [0.15, 0.2) is 54.6 Å². The molecule has 0 radical (unpaired) electrons. The number of nitro benzene ring substituents is 1. The fourth-order valence-corrected chi connectivity index (χ4v) is 1.49. The van der Waals surface area contributed by atoms with Crippen LogP contribution in [0.25, 0.3) is 11.5 Å². The molecule has 0 atom stereocenters. The first-order valence-corrected chi connectivity index (χ1v) is 5.37. The summed E-state index contributed by atoms with van der Waals surface area (Å²) in [6.45, 7) is 0. The van der Waals surface area contributed by atoms with Crippen LogP contribution >= 0.6 is 0 Å². The fourth-order valence-electron chi connectivity index (χ4n) is 1.49. The first-order chi connectivity index (χ1) is 8.65. The second-order valence-electron chi connectivity index (χ2n) is 3.77. The van der Waals surface area contributed by atoms with E-state index < -0.39 is 4.92 Å².